The minimum atomic E-state index is 0.313. The van der Waals surface area contributed by atoms with Crippen molar-refractivity contribution in [1.82, 2.24) is 5.32 Å². The second kappa shape index (κ2) is 6.25. The highest BCUT2D eigenvalue weighted by Crippen LogP contribution is 2.42. The molecule has 3 rings (SSSR count). The van der Waals surface area contributed by atoms with Crippen LogP contribution in [0.3, 0.4) is 0 Å². The number of ether oxygens (including phenoxy) is 1. The van der Waals surface area contributed by atoms with E-state index in [4.69, 9.17) is 4.74 Å². The second-order valence-corrected chi connectivity index (χ2v) is 6.40. The van der Waals surface area contributed by atoms with Crippen LogP contribution in [0.4, 0.5) is 0 Å². The summed E-state index contributed by atoms with van der Waals surface area (Å²) in [6, 6.07) is 9.16. The van der Waals surface area contributed by atoms with Gasteiger partial charge in [0.2, 0.25) is 0 Å². The lowest BCUT2D eigenvalue weighted by molar-refractivity contribution is 0.0193. The number of hydrogen-bond donors (Lipinski definition) is 1. The molecule has 1 aliphatic rings. The molecule has 0 amide bonds. The molecule has 0 radical (unpaired) electrons. The maximum Gasteiger partial charge on any atom is 0.0798 e. The molecule has 20 heavy (non-hydrogen) atoms. The van der Waals surface area contributed by atoms with Crippen molar-refractivity contribution < 1.29 is 4.74 Å². The number of nitrogens with one attached hydrogen (secondary N) is 1. The lowest BCUT2D eigenvalue weighted by Gasteiger charge is -2.28. The number of rotatable bonds is 7. The van der Waals surface area contributed by atoms with Crippen LogP contribution < -0.4 is 5.32 Å². The number of thiophene rings is 1. The van der Waals surface area contributed by atoms with E-state index in [1.807, 2.05) is 11.3 Å². The van der Waals surface area contributed by atoms with Crippen molar-refractivity contribution in [3.63, 3.8) is 0 Å². The third kappa shape index (κ3) is 2.76. The summed E-state index contributed by atoms with van der Waals surface area (Å²) < 4.78 is 7.51. The molecule has 1 aromatic heterocycles. The minimum absolute atomic E-state index is 0.313. The first-order valence-corrected chi connectivity index (χ1v) is 8.54. The van der Waals surface area contributed by atoms with E-state index in [0.717, 1.165) is 19.1 Å². The minimum Gasteiger partial charge on any atom is -0.376 e. The van der Waals surface area contributed by atoms with Crippen molar-refractivity contribution in [3.8, 4) is 0 Å². The fourth-order valence-electron chi connectivity index (χ4n) is 3.01. The Kier molecular flexibility index (Phi) is 4.39. The molecule has 1 aromatic carbocycles. The SMILES string of the molecule is CCNC(c1cccc2ccsc12)C(OCC)C1CC1. The van der Waals surface area contributed by atoms with Gasteiger partial charge in [0.25, 0.3) is 0 Å². The Morgan fingerprint density at radius 1 is 1.30 bits per heavy atom. The van der Waals surface area contributed by atoms with E-state index >= 15 is 0 Å². The van der Waals surface area contributed by atoms with Gasteiger partial charge < -0.3 is 10.1 Å². The van der Waals surface area contributed by atoms with Gasteiger partial charge in [0, 0.05) is 11.3 Å². The molecular formula is C17H23NOS. The van der Waals surface area contributed by atoms with Gasteiger partial charge in [-0.1, -0.05) is 25.1 Å². The summed E-state index contributed by atoms with van der Waals surface area (Å²) in [5.41, 5.74) is 1.41. The van der Waals surface area contributed by atoms with Crippen molar-refractivity contribution in [3.05, 3.63) is 35.2 Å². The molecule has 108 valence electrons. The third-order valence-electron chi connectivity index (χ3n) is 4.04. The van der Waals surface area contributed by atoms with Crippen molar-refractivity contribution >= 4 is 21.4 Å². The molecule has 0 aliphatic heterocycles. The Morgan fingerprint density at radius 3 is 2.85 bits per heavy atom. The molecule has 0 spiro atoms. The van der Waals surface area contributed by atoms with Crippen molar-refractivity contribution in [2.75, 3.05) is 13.2 Å². The van der Waals surface area contributed by atoms with E-state index in [2.05, 4.69) is 48.8 Å². The molecule has 2 atom stereocenters. The Labute approximate surface area is 125 Å². The Hall–Kier alpha value is -0.900. The summed E-state index contributed by atoms with van der Waals surface area (Å²) in [6.07, 6.45) is 2.94. The van der Waals surface area contributed by atoms with Crippen LogP contribution in [0.1, 0.15) is 38.3 Å². The number of hydrogen-bond acceptors (Lipinski definition) is 3. The van der Waals surface area contributed by atoms with E-state index < -0.39 is 0 Å². The average Bonchev–Trinajstić information content (AvgIpc) is 3.19. The maximum absolute atomic E-state index is 6.10. The lowest BCUT2D eigenvalue weighted by Crippen LogP contribution is -2.35. The largest absolute Gasteiger partial charge is 0.376 e. The van der Waals surface area contributed by atoms with Gasteiger partial charge in [-0.3, -0.25) is 0 Å². The second-order valence-electron chi connectivity index (χ2n) is 5.48. The fraction of sp³-hybridized carbons (Fsp3) is 0.529. The molecule has 0 bridgehead atoms. The van der Waals surface area contributed by atoms with E-state index in [9.17, 15) is 0 Å². The van der Waals surface area contributed by atoms with E-state index in [1.165, 1.54) is 28.5 Å². The van der Waals surface area contributed by atoms with Gasteiger partial charge in [0.15, 0.2) is 0 Å². The fourth-order valence-corrected chi connectivity index (χ4v) is 3.96. The predicted molar refractivity (Wildman–Crippen MR) is 86.4 cm³/mol. The average molecular weight is 289 g/mol. The van der Waals surface area contributed by atoms with Crippen LogP contribution in [0, 0.1) is 5.92 Å². The molecule has 3 heteroatoms. The zero-order valence-electron chi connectivity index (χ0n) is 12.3. The molecule has 2 aromatic rings. The Morgan fingerprint density at radius 2 is 2.15 bits per heavy atom. The molecule has 1 fully saturated rings. The van der Waals surface area contributed by atoms with Crippen molar-refractivity contribution in [1.29, 1.82) is 0 Å². The quantitative estimate of drug-likeness (QED) is 0.817. The van der Waals surface area contributed by atoms with Gasteiger partial charge in [-0.2, -0.15) is 0 Å². The van der Waals surface area contributed by atoms with Crippen LogP contribution in [0.2, 0.25) is 0 Å². The standard InChI is InChI=1S/C17H23NOS/c1-3-18-15(16(19-4-2)12-8-9-12)14-7-5-6-13-10-11-20-17(13)14/h5-7,10-12,15-16,18H,3-4,8-9H2,1-2H3. The van der Waals surface area contributed by atoms with Crippen LogP contribution >= 0.6 is 11.3 Å². The highest BCUT2D eigenvalue weighted by molar-refractivity contribution is 7.17. The molecule has 1 N–H and O–H groups in total. The van der Waals surface area contributed by atoms with Gasteiger partial charge in [-0.15, -0.1) is 11.3 Å². The van der Waals surface area contributed by atoms with Gasteiger partial charge in [-0.05, 0) is 54.6 Å². The first kappa shape index (κ1) is 14.1. The van der Waals surface area contributed by atoms with Gasteiger partial charge >= 0.3 is 0 Å². The molecule has 1 heterocycles. The smallest absolute Gasteiger partial charge is 0.0798 e. The monoisotopic (exact) mass is 289 g/mol. The number of fused-ring (bicyclic) bond motifs is 1. The zero-order valence-corrected chi connectivity index (χ0v) is 13.1. The molecular weight excluding hydrogens is 266 g/mol. The van der Waals surface area contributed by atoms with Crippen LogP contribution in [0.5, 0.6) is 0 Å². The summed E-state index contributed by atoms with van der Waals surface area (Å²) in [6.45, 7) is 6.05. The number of likely N-dealkylation sites (N-methyl/N-ethyl adjacent to an activating group) is 1. The summed E-state index contributed by atoms with van der Waals surface area (Å²) in [5.74, 6) is 0.731. The lowest BCUT2D eigenvalue weighted by atomic mass is 9.97. The van der Waals surface area contributed by atoms with Crippen LogP contribution in [-0.2, 0) is 4.74 Å². The zero-order chi connectivity index (χ0) is 13.9. The highest BCUT2D eigenvalue weighted by atomic mass is 32.1. The van der Waals surface area contributed by atoms with E-state index in [-0.39, 0.29) is 0 Å². The topological polar surface area (TPSA) is 21.3 Å². The highest BCUT2D eigenvalue weighted by Gasteiger charge is 2.38. The summed E-state index contributed by atoms with van der Waals surface area (Å²) in [5, 5.41) is 7.20. The summed E-state index contributed by atoms with van der Waals surface area (Å²) in [4.78, 5) is 0. The van der Waals surface area contributed by atoms with Crippen LogP contribution in [0.25, 0.3) is 10.1 Å². The van der Waals surface area contributed by atoms with Crippen molar-refractivity contribution in [2.24, 2.45) is 5.92 Å². The van der Waals surface area contributed by atoms with Gasteiger partial charge in [0.1, 0.15) is 0 Å². The Balaban J connectivity index is 1.98. The summed E-state index contributed by atoms with van der Waals surface area (Å²) in [7, 11) is 0. The predicted octanol–water partition coefficient (Wildman–Crippen LogP) is 4.37. The normalized spacial score (nSPS) is 18.3. The summed E-state index contributed by atoms with van der Waals surface area (Å²) >= 11 is 1.84. The first-order chi connectivity index (χ1) is 9.85. The molecule has 0 saturated heterocycles. The van der Waals surface area contributed by atoms with Crippen LogP contribution in [-0.4, -0.2) is 19.3 Å². The molecule has 2 nitrogen and oxygen atoms in total. The third-order valence-corrected chi connectivity index (χ3v) is 5.02. The Bertz CT molecular complexity index is 561. The van der Waals surface area contributed by atoms with Crippen molar-refractivity contribution in [2.45, 2.75) is 38.8 Å². The maximum atomic E-state index is 6.10. The molecule has 1 saturated carbocycles. The van der Waals surface area contributed by atoms with E-state index in [1.54, 1.807) is 0 Å². The number of benzene rings is 1. The van der Waals surface area contributed by atoms with Gasteiger partial charge in [-0.25, -0.2) is 0 Å². The molecule has 2 unspecified atom stereocenters. The molecule has 1 aliphatic carbocycles. The first-order valence-electron chi connectivity index (χ1n) is 7.66. The van der Waals surface area contributed by atoms with Gasteiger partial charge in [0.05, 0.1) is 12.1 Å². The van der Waals surface area contributed by atoms with Crippen LogP contribution in [0.15, 0.2) is 29.6 Å². The van der Waals surface area contributed by atoms with E-state index in [0.29, 0.717) is 12.1 Å².